The van der Waals surface area contributed by atoms with Crippen LogP contribution in [-0.4, -0.2) is 45.7 Å². The average Bonchev–Trinajstić information content (AvgIpc) is 3.32. The van der Waals surface area contributed by atoms with Gasteiger partial charge < -0.3 is 13.8 Å². The van der Waals surface area contributed by atoms with E-state index >= 15 is 0 Å². The van der Waals surface area contributed by atoms with Crippen LogP contribution in [0.4, 0.5) is 0 Å². The van der Waals surface area contributed by atoms with Gasteiger partial charge in [-0.1, -0.05) is 28.4 Å². The van der Waals surface area contributed by atoms with Crippen LogP contribution in [0.5, 0.6) is 0 Å². The first-order valence-electron chi connectivity index (χ1n) is 9.76. The van der Waals surface area contributed by atoms with E-state index in [1.807, 2.05) is 0 Å². The Morgan fingerprint density at radius 3 is 2.69 bits per heavy atom. The molecule has 0 bridgehead atoms. The highest BCUT2D eigenvalue weighted by Crippen LogP contribution is 2.44. The van der Waals surface area contributed by atoms with Gasteiger partial charge in [0.2, 0.25) is 5.69 Å². The second-order valence-electron chi connectivity index (χ2n) is 7.32. The van der Waals surface area contributed by atoms with Crippen molar-refractivity contribution in [2.75, 3.05) is 12.9 Å². The summed E-state index contributed by atoms with van der Waals surface area (Å²) in [5, 5.41) is 11.9. The van der Waals surface area contributed by atoms with Crippen molar-refractivity contribution in [3.63, 3.8) is 0 Å². The minimum atomic E-state index is -1.57. The molecule has 2 unspecified atom stereocenters. The first-order valence-corrected chi connectivity index (χ1v) is 12.1. The molecule has 32 heavy (non-hydrogen) atoms. The number of ketones is 1. The molecule has 1 saturated carbocycles. The standard InChI is InChI=1S/C20H18Cl2N4O5S/c1-3-30-19(28)16-14(18(31-25-16)10-4-5-10)17(27)11-6-7-13(21)15(22)12(11)8-20(32(2)29)23-9-24-26-20/h6-7,9-10H,3-5,8H2,1-2H3. The van der Waals surface area contributed by atoms with Crippen molar-refractivity contribution in [3.05, 3.63) is 50.3 Å². The highest BCUT2D eigenvalue weighted by atomic mass is 35.5. The van der Waals surface area contributed by atoms with Crippen LogP contribution in [0.15, 0.2) is 31.9 Å². The van der Waals surface area contributed by atoms with Crippen LogP contribution in [0.25, 0.3) is 0 Å². The third kappa shape index (κ3) is 4.07. The number of halogens is 2. The van der Waals surface area contributed by atoms with Gasteiger partial charge in [-0.25, -0.2) is 4.79 Å². The summed E-state index contributed by atoms with van der Waals surface area (Å²) in [4.78, 5) is 28.9. The number of nitrogens with zero attached hydrogens (tertiary/aromatic N) is 4. The lowest BCUT2D eigenvalue weighted by atomic mass is 9.93. The van der Waals surface area contributed by atoms with Gasteiger partial charge in [-0.15, -0.1) is 10.2 Å². The van der Waals surface area contributed by atoms with Crippen LogP contribution < -0.4 is 0 Å². The van der Waals surface area contributed by atoms with Gasteiger partial charge in [0.1, 0.15) is 11.9 Å². The lowest BCUT2D eigenvalue weighted by Crippen LogP contribution is -2.35. The first-order chi connectivity index (χ1) is 15.3. The number of carbonyl (C=O) groups is 2. The molecular weight excluding hydrogens is 479 g/mol. The van der Waals surface area contributed by atoms with Crippen molar-refractivity contribution in [1.29, 1.82) is 0 Å². The lowest BCUT2D eigenvalue weighted by Gasteiger charge is -2.24. The Morgan fingerprint density at radius 1 is 1.34 bits per heavy atom. The van der Waals surface area contributed by atoms with E-state index in [4.69, 9.17) is 32.5 Å². The molecule has 2 atom stereocenters. The Balaban J connectivity index is 1.83. The van der Waals surface area contributed by atoms with E-state index < -0.39 is 27.9 Å². The molecule has 0 saturated heterocycles. The van der Waals surface area contributed by atoms with Gasteiger partial charge in [0.05, 0.1) is 29.3 Å². The van der Waals surface area contributed by atoms with E-state index in [0.29, 0.717) is 5.76 Å². The van der Waals surface area contributed by atoms with Crippen molar-refractivity contribution in [2.45, 2.75) is 37.1 Å². The van der Waals surface area contributed by atoms with E-state index in [2.05, 4.69) is 20.4 Å². The van der Waals surface area contributed by atoms with Gasteiger partial charge in [-0.05, 0) is 48.6 Å². The molecule has 1 fully saturated rings. The maximum Gasteiger partial charge on any atom is 0.361 e. The zero-order chi connectivity index (χ0) is 23.0. The molecular formula is C20H18Cl2N4O5S. The first kappa shape index (κ1) is 22.9. The van der Waals surface area contributed by atoms with Crippen molar-refractivity contribution in [1.82, 2.24) is 5.16 Å². The van der Waals surface area contributed by atoms with Crippen LogP contribution in [0.3, 0.4) is 0 Å². The molecule has 2 aliphatic rings. The Hall–Kier alpha value is -2.27. The minimum Gasteiger partial charge on any atom is -0.613 e. The molecule has 0 radical (unpaired) electrons. The van der Waals surface area contributed by atoms with Crippen LogP contribution in [-0.2, 0) is 22.3 Å². The summed E-state index contributed by atoms with van der Waals surface area (Å²) < 4.78 is 22.9. The van der Waals surface area contributed by atoms with Gasteiger partial charge in [0.15, 0.2) is 11.5 Å². The van der Waals surface area contributed by atoms with Crippen LogP contribution >= 0.6 is 23.2 Å². The highest BCUT2D eigenvalue weighted by molar-refractivity contribution is 7.92. The summed E-state index contributed by atoms with van der Waals surface area (Å²) in [6, 6.07) is 2.97. The molecule has 0 spiro atoms. The van der Waals surface area contributed by atoms with E-state index in [1.54, 1.807) is 6.92 Å². The normalized spacial score (nSPS) is 20.5. The number of rotatable bonds is 8. The molecule has 0 amide bonds. The van der Waals surface area contributed by atoms with Crippen LogP contribution in [0.2, 0.25) is 10.0 Å². The van der Waals surface area contributed by atoms with Gasteiger partial charge in [0, 0.05) is 11.5 Å². The van der Waals surface area contributed by atoms with Crippen molar-refractivity contribution < 1.29 is 23.4 Å². The van der Waals surface area contributed by atoms with Crippen molar-refractivity contribution in [2.24, 2.45) is 15.2 Å². The second kappa shape index (κ2) is 8.93. The van der Waals surface area contributed by atoms with E-state index in [-0.39, 0.29) is 51.4 Å². The smallest absolute Gasteiger partial charge is 0.361 e. The van der Waals surface area contributed by atoms with E-state index in [9.17, 15) is 14.1 Å². The molecule has 1 aromatic heterocycles. The second-order valence-corrected chi connectivity index (χ2v) is 9.66. The van der Waals surface area contributed by atoms with Crippen molar-refractivity contribution in [3.8, 4) is 0 Å². The third-order valence-corrected chi connectivity index (χ3v) is 7.29. The quantitative estimate of drug-likeness (QED) is 0.303. The Morgan fingerprint density at radius 2 is 2.09 bits per heavy atom. The maximum atomic E-state index is 13.7. The number of hydrogen-bond donors (Lipinski definition) is 0. The van der Waals surface area contributed by atoms with Gasteiger partial charge >= 0.3 is 11.0 Å². The number of aliphatic imine (C=N–C) groups is 1. The summed E-state index contributed by atoms with van der Waals surface area (Å²) in [5.74, 6) is -0.949. The molecule has 2 aromatic rings. The summed E-state index contributed by atoms with van der Waals surface area (Å²) in [6.45, 7) is 1.77. The molecule has 0 N–H and O–H groups in total. The Labute approximate surface area is 196 Å². The van der Waals surface area contributed by atoms with Gasteiger partial charge in [-0.2, -0.15) is 4.99 Å². The molecule has 1 aliphatic heterocycles. The predicted octanol–water partition coefficient (Wildman–Crippen LogP) is 4.34. The molecule has 9 nitrogen and oxygen atoms in total. The fourth-order valence-corrected chi connectivity index (χ4v) is 4.51. The minimum absolute atomic E-state index is 0.00133. The zero-order valence-corrected chi connectivity index (χ0v) is 19.5. The topological polar surface area (TPSA) is 130 Å². The highest BCUT2D eigenvalue weighted by Gasteiger charge is 2.45. The number of hydrogen-bond acceptors (Lipinski definition) is 9. The summed E-state index contributed by atoms with van der Waals surface area (Å²) >= 11 is 11.1. The fourth-order valence-electron chi connectivity index (χ4n) is 3.40. The number of benzene rings is 1. The monoisotopic (exact) mass is 496 g/mol. The zero-order valence-electron chi connectivity index (χ0n) is 17.1. The SMILES string of the molecule is CCOC(=O)c1noc(C2CC2)c1C(=O)c1ccc(Cl)c(Cl)c1CC1([S+](C)[O-])N=CN=N1. The largest absolute Gasteiger partial charge is 0.613 e. The Bertz CT molecular complexity index is 1130. The lowest BCUT2D eigenvalue weighted by molar-refractivity contribution is 0.0512. The maximum absolute atomic E-state index is 13.7. The molecule has 168 valence electrons. The number of carbonyl (C=O) groups excluding carboxylic acids is 2. The average molecular weight is 497 g/mol. The molecule has 1 aromatic carbocycles. The molecule has 4 rings (SSSR count). The molecule has 2 heterocycles. The van der Waals surface area contributed by atoms with Crippen molar-refractivity contribution >= 4 is 52.5 Å². The predicted molar refractivity (Wildman–Crippen MR) is 118 cm³/mol. The number of azo groups is 1. The van der Waals surface area contributed by atoms with Crippen LogP contribution in [0.1, 0.15) is 63.4 Å². The summed E-state index contributed by atoms with van der Waals surface area (Å²) in [5.41, 5.74) is 0.282. The molecule has 1 aliphatic carbocycles. The van der Waals surface area contributed by atoms with E-state index in [1.165, 1.54) is 24.7 Å². The van der Waals surface area contributed by atoms with Gasteiger partial charge in [-0.3, -0.25) is 4.79 Å². The Kier molecular flexibility index (Phi) is 6.39. The molecule has 12 heteroatoms. The third-order valence-electron chi connectivity index (χ3n) is 5.20. The van der Waals surface area contributed by atoms with Gasteiger partial charge in [0.25, 0.3) is 0 Å². The summed E-state index contributed by atoms with van der Waals surface area (Å²) in [7, 11) is 0. The number of ether oxygens (including phenoxy) is 1. The number of aromatic nitrogens is 1. The van der Waals surface area contributed by atoms with Crippen LogP contribution in [0, 0.1) is 0 Å². The summed E-state index contributed by atoms with van der Waals surface area (Å²) in [6.07, 6.45) is 4.18. The fraction of sp³-hybridized carbons (Fsp3) is 0.400. The van der Waals surface area contributed by atoms with E-state index in [0.717, 1.165) is 12.8 Å². The number of esters is 1.